The number of hydrogen-bond acceptors (Lipinski definition) is 3. The Bertz CT molecular complexity index is 334. The van der Waals surface area contributed by atoms with Gasteiger partial charge in [0.15, 0.2) is 0 Å². The smallest absolute Gasteiger partial charge is 0.203 e. The molecule has 1 unspecified atom stereocenters. The zero-order valence-electron chi connectivity index (χ0n) is 8.47. The highest BCUT2D eigenvalue weighted by molar-refractivity contribution is 5.73. The van der Waals surface area contributed by atoms with E-state index in [1.807, 2.05) is 37.2 Å². The zero-order valence-corrected chi connectivity index (χ0v) is 8.47. The second-order valence-corrected chi connectivity index (χ2v) is 3.48. The SMILES string of the molecule is CC1=NN(C)CC(c2ccccc2)O1. The second kappa shape index (κ2) is 3.70. The molecule has 3 nitrogen and oxygen atoms in total. The fourth-order valence-electron chi connectivity index (χ4n) is 1.63. The van der Waals surface area contributed by atoms with Gasteiger partial charge in [-0.25, -0.2) is 0 Å². The van der Waals surface area contributed by atoms with Gasteiger partial charge in [-0.2, -0.15) is 0 Å². The Kier molecular flexibility index (Phi) is 2.39. The normalized spacial score (nSPS) is 21.4. The van der Waals surface area contributed by atoms with Crippen LogP contribution >= 0.6 is 0 Å². The lowest BCUT2D eigenvalue weighted by atomic mass is 10.1. The van der Waals surface area contributed by atoms with Crippen molar-refractivity contribution in [3.63, 3.8) is 0 Å². The number of likely N-dealkylation sites (N-methyl/N-ethyl adjacent to an activating group) is 1. The van der Waals surface area contributed by atoms with Crippen LogP contribution < -0.4 is 0 Å². The van der Waals surface area contributed by atoms with Crippen molar-refractivity contribution >= 4 is 5.90 Å². The van der Waals surface area contributed by atoms with E-state index >= 15 is 0 Å². The van der Waals surface area contributed by atoms with Crippen LogP contribution in [0.25, 0.3) is 0 Å². The van der Waals surface area contributed by atoms with E-state index in [2.05, 4.69) is 17.2 Å². The summed E-state index contributed by atoms with van der Waals surface area (Å²) in [6, 6.07) is 10.2. The summed E-state index contributed by atoms with van der Waals surface area (Å²) in [6.07, 6.45) is 0.110. The van der Waals surface area contributed by atoms with Gasteiger partial charge in [0, 0.05) is 14.0 Å². The Morgan fingerprint density at radius 3 is 2.71 bits per heavy atom. The Balaban J connectivity index is 2.18. The molecule has 14 heavy (non-hydrogen) atoms. The van der Waals surface area contributed by atoms with Crippen molar-refractivity contribution < 1.29 is 4.74 Å². The van der Waals surface area contributed by atoms with Crippen LogP contribution in [0.1, 0.15) is 18.6 Å². The number of nitrogens with zero attached hydrogens (tertiary/aromatic N) is 2. The monoisotopic (exact) mass is 190 g/mol. The first kappa shape index (κ1) is 9.06. The molecule has 0 spiro atoms. The molecule has 74 valence electrons. The van der Waals surface area contributed by atoms with Crippen LogP contribution in [0.15, 0.2) is 35.4 Å². The van der Waals surface area contributed by atoms with E-state index in [9.17, 15) is 0 Å². The molecule has 1 aromatic carbocycles. The van der Waals surface area contributed by atoms with Crippen molar-refractivity contribution in [1.29, 1.82) is 0 Å². The van der Waals surface area contributed by atoms with Crippen molar-refractivity contribution in [1.82, 2.24) is 5.01 Å². The number of benzene rings is 1. The van der Waals surface area contributed by atoms with Gasteiger partial charge in [0.1, 0.15) is 6.10 Å². The van der Waals surface area contributed by atoms with E-state index in [-0.39, 0.29) is 6.10 Å². The summed E-state index contributed by atoms with van der Waals surface area (Å²) in [7, 11) is 1.96. The predicted octanol–water partition coefficient (Wildman–Crippen LogP) is 2.02. The lowest BCUT2D eigenvalue weighted by Gasteiger charge is -2.28. The first-order valence-electron chi connectivity index (χ1n) is 4.73. The van der Waals surface area contributed by atoms with E-state index in [1.54, 1.807) is 0 Å². The molecule has 1 aromatic rings. The van der Waals surface area contributed by atoms with Crippen LogP contribution in [0.4, 0.5) is 0 Å². The topological polar surface area (TPSA) is 24.8 Å². The summed E-state index contributed by atoms with van der Waals surface area (Å²) in [5.41, 5.74) is 1.20. The molecular formula is C11H14N2O. The predicted molar refractivity (Wildman–Crippen MR) is 56.0 cm³/mol. The molecule has 0 amide bonds. The van der Waals surface area contributed by atoms with E-state index in [4.69, 9.17) is 4.74 Å². The van der Waals surface area contributed by atoms with Crippen LogP contribution in [0.3, 0.4) is 0 Å². The lowest BCUT2D eigenvalue weighted by Crippen LogP contribution is -2.29. The Morgan fingerprint density at radius 2 is 2.07 bits per heavy atom. The summed E-state index contributed by atoms with van der Waals surface area (Å²) in [4.78, 5) is 0. The molecule has 0 aliphatic carbocycles. The minimum Gasteiger partial charge on any atom is -0.470 e. The van der Waals surface area contributed by atoms with Gasteiger partial charge in [0.25, 0.3) is 0 Å². The van der Waals surface area contributed by atoms with Gasteiger partial charge in [0.2, 0.25) is 5.90 Å². The Morgan fingerprint density at radius 1 is 1.36 bits per heavy atom. The van der Waals surface area contributed by atoms with Crippen molar-refractivity contribution in [3.05, 3.63) is 35.9 Å². The first-order chi connectivity index (χ1) is 6.75. The molecule has 0 fully saturated rings. The third-order valence-corrected chi connectivity index (χ3v) is 2.23. The quantitative estimate of drug-likeness (QED) is 0.676. The van der Waals surface area contributed by atoms with Gasteiger partial charge >= 0.3 is 0 Å². The van der Waals surface area contributed by atoms with Gasteiger partial charge < -0.3 is 4.74 Å². The summed E-state index contributed by atoms with van der Waals surface area (Å²) in [5, 5.41) is 6.10. The minimum absolute atomic E-state index is 0.110. The van der Waals surface area contributed by atoms with Crippen molar-refractivity contribution in [2.45, 2.75) is 13.0 Å². The fraction of sp³-hybridized carbons (Fsp3) is 0.364. The van der Waals surface area contributed by atoms with E-state index in [0.717, 1.165) is 12.4 Å². The maximum atomic E-state index is 5.65. The maximum absolute atomic E-state index is 5.65. The van der Waals surface area contributed by atoms with E-state index in [0.29, 0.717) is 0 Å². The lowest BCUT2D eigenvalue weighted by molar-refractivity contribution is 0.104. The third kappa shape index (κ3) is 1.87. The average molecular weight is 190 g/mol. The Labute approximate surface area is 84.0 Å². The van der Waals surface area contributed by atoms with E-state index in [1.165, 1.54) is 5.56 Å². The zero-order chi connectivity index (χ0) is 9.97. The van der Waals surface area contributed by atoms with Crippen molar-refractivity contribution in [2.75, 3.05) is 13.6 Å². The summed E-state index contributed by atoms with van der Waals surface area (Å²) >= 11 is 0. The average Bonchev–Trinajstić information content (AvgIpc) is 2.18. The summed E-state index contributed by atoms with van der Waals surface area (Å²) in [5.74, 6) is 0.729. The molecule has 0 bridgehead atoms. The van der Waals surface area contributed by atoms with Crippen LogP contribution in [-0.2, 0) is 4.74 Å². The third-order valence-electron chi connectivity index (χ3n) is 2.23. The molecule has 0 radical (unpaired) electrons. The molecule has 1 aliphatic heterocycles. The molecule has 0 saturated heterocycles. The second-order valence-electron chi connectivity index (χ2n) is 3.48. The summed E-state index contributed by atoms with van der Waals surface area (Å²) < 4.78 is 5.65. The number of ether oxygens (including phenoxy) is 1. The van der Waals surface area contributed by atoms with Crippen molar-refractivity contribution in [3.8, 4) is 0 Å². The Hall–Kier alpha value is -1.51. The van der Waals surface area contributed by atoms with Gasteiger partial charge in [-0.1, -0.05) is 30.3 Å². The molecule has 1 aliphatic rings. The standard InChI is InChI=1S/C11H14N2O/c1-9-12-13(2)8-11(14-9)10-6-4-3-5-7-10/h3-7,11H,8H2,1-2H3. The molecule has 1 heterocycles. The van der Waals surface area contributed by atoms with Gasteiger partial charge in [0.05, 0.1) is 6.54 Å². The van der Waals surface area contributed by atoms with Gasteiger partial charge in [-0.3, -0.25) is 5.01 Å². The van der Waals surface area contributed by atoms with Crippen LogP contribution in [0, 0.1) is 0 Å². The van der Waals surface area contributed by atoms with Gasteiger partial charge in [-0.15, -0.1) is 5.10 Å². The highest BCUT2D eigenvalue weighted by Crippen LogP contribution is 2.21. The van der Waals surface area contributed by atoms with E-state index < -0.39 is 0 Å². The molecule has 0 aromatic heterocycles. The van der Waals surface area contributed by atoms with Crippen LogP contribution in [0.2, 0.25) is 0 Å². The molecule has 3 heteroatoms. The molecule has 1 atom stereocenters. The first-order valence-corrected chi connectivity index (χ1v) is 4.73. The molecule has 0 saturated carbocycles. The highest BCUT2D eigenvalue weighted by Gasteiger charge is 2.19. The number of hydrazone groups is 1. The maximum Gasteiger partial charge on any atom is 0.203 e. The van der Waals surface area contributed by atoms with Crippen LogP contribution in [-0.4, -0.2) is 24.5 Å². The molecule has 0 N–H and O–H groups in total. The number of rotatable bonds is 1. The van der Waals surface area contributed by atoms with Crippen molar-refractivity contribution in [2.24, 2.45) is 5.10 Å². The fourth-order valence-corrected chi connectivity index (χ4v) is 1.63. The van der Waals surface area contributed by atoms with Gasteiger partial charge in [-0.05, 0) is 5.56 Å². The minimum atomic E-state index is 0.110. The highest BCUT2D eigenvalue weighted by atomic mass is 16.5. The number of hydrogen-bond donors (Lipinski definition) is 0. The van der Waals surface area contributed by atoms with Crippen LogP contribution in [0.5, 0.6) is 0 Å². The summed E-state index contributed by atoms with van der Waals surface area (Å²) in [6.45, 7) is 2.69. The molecule has 2 rings (SSSR count). The molecular weight excluding hydrogens is 176 g/mol. The largest absolute Gasteiger partial charge is 0.470 e.